The van der Waals surface area contributed by atoms with Gasteiger partial charge in [0.05, 0.1) is 10.7 Å². The predicted molar refractivity (Wildman–Crippen MR) is 94.6 cm³/mol. The van der Waals surface area contributed by atoms with Crippen LogP contribution in [0.2, 0.25) is 5.02 Å². The van der Waals surface area contributed by atoms with Crippen molar-refractivity contribution in [2.75, 3.05) is 11.9 Å². The minimum absolute atomic E-state index is 0.345. The number of amides is 4. The van der Waals surface area contributed by atoms with E-state index in [4.69, 9.17) is 16.3 Å². The van der Waals surface area contributed by atoms with Gasteiger partial charge < -0.3 is 15.4 Å². The van der Waals surface area contributed by atoms with Crippen molar-refractivity contribution in [1.82, 2.24) is 10.2 Å². The normalized spacial score (nSPS) is 20.5. The number of hydrogen-bond donors (Lipinski definition) is 2. The molecular formula is C17H20ClN3O5. The van der Waals surface area contributed by atoms with Gasteiger partial charge in [-0.05, 0) is 32.4 Å². The summed E-state index contributed by atoms with van der Waals surface area (Å²) in [5, 5.41) is 5.42. The Labute approximate surface area is 155 Å². The summed E-state index contributed by atoms with van der Waals surface area (Å²) in [6.45, 7) is 4.15. The third-order valence-electron chi connectivity index (χ3n) is 4.15. The summed E-state index contributed by atoms with van der Waals surface area (Å²) < 4.78 is 5.02. The molecule has 2 atom stereocenters. The lowest BCUT2D eigenvalue weighted by Gasteiger charge is -2.19. The van der Waals surface area contributed by atoms with Crippen molar-refractivity contribution in [3.8, 4) is 0 Å². The van der Waals surface area contributed by atoms with Crippen molar-refractivity contribution in [2.24, 2.45) is 0 Å². The molecule has 2 N–H and O–H groups in total. The summed E-state index contributed by atoms with van der Waals surface area (Å²) in [6, 6.07) is 5.96. The Morgan fingerprint density at radius 2 is 2.00 bits per heavy atom. The lowest BCUT2D eigenvalue weighted by Crippen LogP contribution is -2.44. The second-order valence-electron chi connectivity index (χ2n) is 6.11. The molecule has 0 aliphatic carbocycles. The van der Waals surface area contributed by atoms with Gasteiger partial charge in [0, 0.05) is 0 Å². The van der Waals surface area contributed by atoms with Crippen LogP contribution in [-0.2, 0) is 19.1 Å². The summed E-state index contributed by atoms with van der Waals surface area (Å²) in [6.07, 6.45) is -0.739. The number of halogens is 1. The van der Waals surface area contributed by atoms with Gasteiger partial charge in [0.25, 0.3) is 11.8 Å². The highest BCUT2D eigenvalue weighted by molar-refractivity contribution is 6.33. The number of esters is 1. The number of ether oxygens (including phenoxy) is 1. The average Bonchev–Trinajstić information content (AvgIpc) is 2.80. The van der Waals surface area contributed by atoms with E-state index < -0.39 is 42.0 Å². The number of nitrogens with one attached hydrogen (secondary N) is 2. The van der Waals surface area contributed by atoms with Gasteiger partial charge in [0.15, 0.2) is 6.10 Å². The number of carbonyl (C=O) groups is 4. The highest BCUT2D eigenvalue weighted by Crippen LogP contribution is 2.22. The number of carbonyl (C=O) groups excluding carboxylic acids is 4. The molecule has 1 aliphatic rings. The van der Waals surface area contributed by atoms with Crippen LogP contribution in [0.25, 0.3) is 0 Å². The first kappa shape index (κ1) is 19.7. The number of rotatable bonds is 6. The van der Waals surface area contributed by atoms with E-state index in [0.29, 0.717) is 17.1 Å². The first-order valence-electron chi connectivity index (χ1n) is 8.07. The Hall–Kier alpha value is -2.61. The van der Waals surface area contributed by atoms with E-state index in [1.54, 1.807) is 38.1 Å². The minimum atomic E-state index is -1.13. The van der Waals surface area contributed by atoms with Crippen molar-refractivity contribution in [2.45, 2.75) is 38.8 Å². The molecule has 1 saturated heterocycles. The number of anilines is 1. The van der Waals surface area contributed by atoms with E-state index in [0.717, 1.165) is 4.90 Å². The van der Waals surface area contributed by atoms with Crippen LogP contribution < -0.4 is 10.6 Å². The zero-order chi connectivity index (χ0) is 19.5. The Kier molecular flexibility index (Phi) is 5.86. The fraction of sp³-hybridized carbons (Fsp3) is 0.412. The molecule has 0 saturated carbocycles. The molecule has 1 aliphatic heterocycles. The molecule has 8 nitrogen and oxygen atoms in total. The molecule has 140 valence electrons. The number of urea groups is 1. The molecule has 4 amide bonds. The fourth-order valence-electron chi connectivity index (χ4n) is 2.34. The zero-order valence-electron chi connectivity index (χ0n) is 14.7. The highest BCUT2D eigenvalue weighted by atomic mass is 35.5. The SMILES string of the molecule is CC[C@@]1(C)NC(=O)N(CC(=O)O[C@H](C)C(=O)Nc2ccccc2Cl)C1=O. The third-order valence-corrected chi connectivity index (χ3v) is 4.48. The molecule has 0 unspecified atom stereocenters. The predicted octanol–water partition coefficient (Wildman–Crippen LogP) is 1.93. The molecule has 0 spiro atoms. The van der Waals surface area contributed by atoms with Gasteiger partial charge in [0.2, 0.25) is 0 Å². The summed E-state index contributed by atoms with van der Waals surface area (Å²) in [7, 11) is 0. The molecule has 9 heteroatoms. The van der Waals surface area contributed by atoms with Crippen LogP contribution >= 0.6 is 11.6 Å². The number of imide groups is 1. The van der Waals surface area contributed by atoms with Crippen molar-refractivity contribution < 1.29 is 23.9 Å². The van der Waals surface area contributed by atoms with Crippen LogP contribution in [0.15, 0.2) is 24.3 Å². The van der Waals surface area contributed by atoms with E-state index in [-0.39, 0.29) is 0 Å². The Morgan fingerprint density at radius 1 is 1.35 bits per heavy atom. The van der Waals surface area contributed by atoms with Gasteiger partial charge in [-0.15, -0.1) is 0 Å². The average molecular weight is 382 g/mol. The van der Waals surface area contributed by atoms with Crippen LogP contribution in [0.3, 0.4) is 0 Å². The smallest absolute Gasteiger partial charge is 0.327 e. The first-order chi connectivity index (χ1) is 12.2. The van der Waals surface area contributed by atoms with E-state index in [1.807, 2.05) is 0 Å². The van der Waals surface area contributed by atoms with Crippen LogP contribution in [0.1, 0.15) is 27.2 Å². The highest BCUT2D eigenvalue weighted by Gasteiger charge is 2.47. The largest absolute Gasteiger partial charge is 0.451 e. The molecule has 1 aromatic rings. The number of para-hydroxylation sites is 1. The number of hydrogen-bond acceptors (Lipinski definition) is 5. The number of benzene rings is 1. The van der Waals surface area contributed by atoms with Crippen molar-refractivity contribution in [3.05, 3.63) is 29.3 Å². The van der Waals surface area contributed by atoms with Gasteiger partial charge in [-0.1, -0.05) is 30.7 Å². The summed E-state index contributed by atoms with van der Waals surface area (Å²) in [4.78, 5) is 49.0. The Morgan fingerprint density at radius 3 is 2.58 bits per heavy atom. The standard InChI is InChI=1S/C17H20ClN3O5/c1-4-17(3)15(24)21(16(25)20-17)9-13(22)26-10(2)14(23)19-12-8-6-5-7-11(12)18/h5-8,10H,4,9H2,1-3H3,(H,19,23)(H,20,25)/t10-,17-/m1/s1. The summed E-state index contributed by atoms with van der Waals surface area (Å²) in [5.41, 5.74) is -0.653. The maximum Gasteiger partial charge on any atom is 0.327 e. The van der Waals surface area contributed by atoms with Crippen LogP contribution in [0.5, 0.6) is 0 Å². The Balaban J connectivity index is 1.93. The molecule has 1 aromatic carbocycles. The monoisotopic (exact) mass is 381 g/mol. The van der Waals surface area contributed by atoms with Crippen molar-refractivity contribution >= 4 is 41.1 Å². The molecule has 26 heavy (non-hydrogen) atoms. The minimum Gasteiger partial charge on any atom is -0.451 e. The molecular weight excluding hydrogens is 362 g/mol. The van der Waals surface area contributed by atoms with Gasteiger partial charge in [0.1, 0.15) is 12.1 Å². The molecule has 0 bridgehead atoms. The van der Waals surface area contributed by atoms with E-state index in [2.05, 4.69) is 10.6 Å². The second kappa shape index (κ2) is 7.74. The quantitative estimate of drug-likeness (QED) is 0.578. The second-order valence-corrected chi connectivity index (χ2v) is 6.52. The molecule has 1 heterocycles. The van der Waals surface area contributed by atoms with Crippen LogP contribution in [-0.4, -0.2) is 46.9 Å². The number of nitrogens with zero attached hydrogens (tertiary/aromatic N) is 1. The summed E-state index contributed by atoms with van der Waals surface area (Å²) >= 11 is 5.95. The van der Waals surface area contributed by atoms with Crippen LogP contribution in [0.4, 0.5) is 10.5 Å². The lowest BCUT2D eigenvalue weighted by atomic mass is 9.99. The van der Waals surface area contributed by atoms with Gasteiger partial charge >= 0.3 is 12.0 Å². The van der Waals surface area contributed by atoms with Gasteiger partial charge in [-0.3, -0.25) is 19.3 Å². The first-order valence-corrected chi connectivity index (χ1v) is 8.44. The fourth-order valence-corrected chi connectivity index (χ4v) is 2.53. The molecule has 2 rings (SSSR count). The van der Waals surface area contributed by atoms with Crippen molar-refractivity contribution in [1.29, 1.82) is 0 Å². The van der Waals surface area contributed by atoms with Crippen molar-refractivity contribution in [3.63, 3.8) is 0 Å². The third kappa shape index (κ3) is 4.13. The molecule has 0 radical (unpaired) electrons. The van der Waals surface area contributed by atoms with E-state index in [9.17, 15) is 19.2 Å². The molecule has 1 fully saturated rings. The van der Waals surface area contributed by atoms with E-state index >= 15 is 0 Å². The Bertz CT molecular complexity index is 754. The topological polar surface area (TPSA) is 105 Å². The van der Waals surface area contributed by atoms with Crippen LogP contribution in [0, 0.1) is 0 Å². The van der Waals surface area contributed by atoms with Gasteiger partial charge in [-0.2, -0.15) is 0 Å². The van der Waals surface area contributed by atoms with E-state index in [1.165, 1.54) is 6.92 Å². The molecule has 0 aromatic heterocycles. The maximum atomic E-state index is 12.2. The van der Waals surface area contributed by atoms with Gasteiger partial charge in [-0.25, -0.2) is 4.79 Å². The lowest BCUT2D eigenvalue weighted by molar-refractivity contribution is -0.155. The summed E-state index contributed by atoms with van der Waals surface area (Å²) in [5.74, 6) is -1.95. The maximum absolute atomic E-state index is 12.2. The zero-order valence-corrected chi connectivity index (χ0v) is 15.4.